The van der Waals surface area contributed by atoms with Crippen LogP contribution in [0.25, 0.3) is 0 Å². The van der Waals surface area contributed by atoms with Crippen LogP contribution in [0.4, 0.5) is 4.39 Å². The van der Waals surface area contributed by atoms with Gasteiger partial charge in [0.1, 0.15) is 5.82 Å². The van der Waals surface area contributed by atoms with E-state index in [2.05, 4.69) is 20.8 Å². The maximum atomic E-state index is 13.4. The summed E-state index contributed by atoms with van der Waals surface area (Å²) in [6.07, 6.45) is 4.83. The zero-order valence-corrected chi connectivity index (χ0v) is 12.5. The molecule has 0 radical (unpaired) electrons. The second-order valence-electron chi connectivity index (χ2n) is 5.86. The maximum Gasteiger partial charge on any atom is 0.124 e. The van der Waals surface area contributed by atoms with Crippen LogP contribution >= 0.6 is 15.9 Å². The van der Waals surface area contributed by atoms with Crippen molar-refractivity contribution in [1.29, 1.82) is 0 Å². The summed E-state index contributed by atoms with van der Waals surface area (Å²) in [5.74, 6) is -0.244. The van der Waals surface area contributed by atoms with E-state index in [9.17, 15) is 9.50 Å². The van der Waals surface area contributed by atoms with Crippen LogP contribution in [-0.4, -0.2) is 34.7 Å². The van der Waals surface area contributed by atoms with Crippen LogP contribution in [0, 0.1) is 5.82 Å². The van der Waals surface area contributed by atoms with Crippen LogP contribution < -0.4 is 0 Å². The highest BCUT2D eigenvalue weighted by Gasteiger charge is 2.46. The molecule has 2 fully saturated rings. The molecule has 19 heavy (non-hydrogen) atoms. The zero-order chi connectivity index (χ0) is 13.5. The van der Waals surface area contributed by atoms with E-state index in [1.54, 1.807) is 0 Å². The lowest BCUT2D eigenvalue weighted by Gasteiger charge is -2.37. The minimum atomic E-state index is -0.687. The Bertz CT molecular complexity index is 461. The molecule has 0 saturated carbocycles. The van der Waals surface area contributed by atoms with E-state index >= 15 is 0 Å². The van der Waals surface area contributed by atoms with E-state index in [1.807, 2.05) is 6.07 Å². The first-order chi connectivity index (χ1) is 9.07. The fraction of sp³-hybridized carbons (Fsp3) is 0.600. The van der Waals surface area contributed by atoms with Gasteiger partial charge in [0.15, 0.2) is 0 Å². The van der Waals surface area contributed by atoms with Gasteiger partial charge in [0.05, 0.1) is 5.60 Å². The molecule has 0 bridgehead atoms. The van der Waals surface area contributed by atoms with Gasteiger partial charge in [-0.3, -0.25) is 4.90 Å². The number of nitrogens with zero attached hydrogens (tertiary/aromatic N) is 1. The number of piperidine rings is 1. The Kier molecular flexibility index (Phi) is 3.67. The van der Waals surface area contributed by atoms with Gasteiger partial charge in [0.2, 0.25) is 0 Å². The molecule has 2 atom stereocenters. The van der Waals surface area contributed by atoms with Crippen LogP contribution in [-0.2, 0) is 6.42 Å². The fourth-order valence-electron chi connectivity index (χ4n) is 3.64. The van der Waals surface area contributed by atoms with Crippen molar-refractivity contribution in [1.82, 2.24) is 4.90 Å². The van der Waals surface area contributed by atoms with Crippen molar-refractivity contribution in [2.24, 2.45) is 0 Å². The highest BCUT2D eigenvalue weighted by atomic mass is 79.9. The zero-order valence-electron chi connectivity index (χ0n) is 10.9. The quantitative estimate of drug-likeness (QED) is 0.902. The van der Waals surface area contributed by atoms with Crippen LogP contribution in [0.15, 0.2) is 22.7 Å². The van der Waals surface area contributed by atoms with Crippen molar-refractivity contribution in [2.75, 3.05) is 13.1 Å². The molecule has 2 unspecified atom stereocenters. The Hall–Kier alpha value is -0.450. The van der Waals surface area contributed by atoms with Gasteiger partial charge in [-0.2, -0.15) is 0 Å². The van der Waals surface area contributed by atoms with Gasteiger partial charge < -0.3 is 5.11 Å². The number of aliphatic hydroxyl groups is 1. The van der Waals surface area contributed by atoms with Gasteiger partial charge in [0, 0.05) is 23.5 Å². The lowest BCUT2D eigenvalue weighted by atomic mass is 9.84. The van der Waals surface area contributed by atoms with Crippen LogP contribution in [0.3, 0.4) is 0 Å². The summed E-state index contributed by atoms with van der Waals surface area (Å²) in [5.41, 5.74) is 0.190. The number of hydrogen-bond donors (Lipinski definition) is 1. The van der Waals surface area contributed by atoms with Crippen molar-refractivity contribution in [3.8, 4) is 0 Å². The monoisotopic (exact) mass is 327 g/mol. The summed E-state index contributed by atoms with van der Waals surface area (Å²) in [4.78, 5) is 2.40. The summed E-state index contributed by atoms with van der Waals surface area (Å²) in [6.45, 7) is 2.07. The van der Waals surface area contributed by atoms with Gasteiger partial charge in [-0.15, -0.1) is 0 Å². The van der Waals surface area contributed by atoms with Gasteiger partial charge in [0.25, 0.3) is 0 Å². The Labute approximate surface area is 121 Å². The first-order valence-electron chi connectivity index (χ1n) is 6.98. The molecule has 0 aromatic heterocycles. The predicted octanol–water partition coefficient (Wildman–Crippen LogP) is 3.12. The largest absolute Gasteiger partial charge is 0.388 e. The van der Waals surface area contributed by atoms with Crippen LogP contribution in [0.2, 0.25) is 0 Å². The topological polar surface area (TPSA) is 23.5 Å². The summed E-state index contributed by atoms with van der Waals surface area (Å²) in [6, 6.07) is 5.15. The molecule has 104 valence electrons. The molecule has 1 aromatic carbocycles. The van der Waals surface area contributed by atoms with Gasteiger partial charge >= 0.3 is 0 Å². The summed E-state index contributed by atoms with van der Waals surface area (Å²) < 4.78 is 14.2. The molecule has 0 spiro atoms. The lowest BCUT2D eigenvalue weighted by Crippen LogP contribution is -2.48. The summed E-state index contributed by atoms with van der Waals surface area (Å²) in [5, 5.41) is 10.9. The molecule has 2 aliphatic heterocycles. The average molecular weight is 328 g/mol. The van der Waals surface area contributed by atoms with E-state index in [4.69, 9.17) is 0 Å². The molecule has 0 aliphatic carbocycles. The second-order valence-corrected chi connectivity index (χ2v) is 6.77. The molecule has 0 amide bonds. The third kappa shape index (κ3) is 2.71. The average Bonchev–Trinajstić information content (AvgIpc) is 2.66. The Balaban J connectivity index is 1.81. The Morgan fingerprint density at radius 2 is 2.16 bits per heavy atom. The predicted molar refractivity (Wildman–Crippen MR) is 76.6 cm³/mol. The number of benzene rings is 1. The van der Waals surface area contributed by atoms with Gasteiger partial charge in [-0.25, -0.2) is 4.39 Å². The molecule has 2 heterocycles. The normalized spacial score (nSPS) is 31.4. The SMILES string of the molecule is OC1(Cc2cc(F)cc(Br)c2)CCN2CCCCC21. The minimum Gasteiger partial charge on any atom is -0.388 e. The number of rotatable bonds is 2. The van der Waals surface area contributed by atoms with Gasteiger partial charge in [-0.1, -0.05) is 22.4 Å². The lowest BCUT2D eigenvalue weighted by molar-refractivity contribution is -0.00890. The molecule has 4 heteroatoms. The van der Waals surface area contributed by atoms with E-state index in [0.717, 1.165) is 36.0 Å². The van der Waals surface area contributed by atoms with E-state index < -0.39 is 5.60 Å². The summed E-state index contributed by atoms with van der Waals surface area (Å²) >= 11 is 3.32. The smallest absolute Gasteiger partial charge is 0.124 e. The molecule has 2 saturated heterocycles. The van der Waals surface area contributed by atoms with Crippen molar-refractivity contribution in [3.63, 3.8) is 0 Å². The maximum absolute atomic E-state index is 13.4. The van der Waals surface area contributed by atoms with E-state index in [-0.39, 0.29) is 11.9 Å². The number of halogens is 2. The second kappa shape index (κ2) is 5.15. The summed E-state index contributed by atoms with van der Waals surface area (Å²) in [7, 11) is 0. The molecule has 1 N–H and O–H groups in total. The highest BCUT2D eigenvalue weighted by Crippen LogP contribution is 2.37. The Morgan fingerprint density at radius 1 is 1.32 bits per heavy atom. The first-order valence-corrected chi connectivity index (χ1v) is 7.77. The van der Waals surface area contributed by atoms with Crippen LogP contribution in [0.5, 0.6) is 0 Å². The van der Waals surface area contributed by atoms with Crippen molar-refractivity contribution < 1.29 is 9.50 Å². The van der Waals surface area contributed by atoms with Crippen molar-refractivity contribution in [2.45, 2.75) is 43.7 Å². The molecular weight excluding hydrogens is 309 g/mol. The van der Waals surface area contributed by atoms with E-state index in [1.165, 1.54) is 25.0 Å². The third-order valence-corrected chi connectivity index (χ3v) is 4.96. The molecule has 2 nitrogen and oxygen atoms in total. The first kappa shape index (κ1) is 13.5. The molecule has 3 rings (SSSR count). The van der Waals surface area contributed by atoms with E-state index in [0.29, 0.717) is 6.42 Å². The van der Waals surface area contributed by atoms with Gasteiger partial charge in [-0.05, 0) is 49.6 Å². The number of fused-ring (bicyclic) bond motifs is 1. The Morgan fingerprint density at radius 3 is 2.95 bits per heavy atom. The molecular formula is C15H19BrFNO. The standard InChI is InChI=1S/C15H19BrFNO/c16-12-7-11(8-13(17)9-12)10-15(19)4-6-18-5-2-1-3-14(15)18/h7-9,14,19H,1-6,10H2. The number of hydrogen-bond acceptors (Lipinski definition) is 2. The highest BCUT2D eigenvalue weighted by molar-refractivity contribution is 9.10. The molecule has 1 aromatic rings. The fourth-order valence-corrected chi connectivity index (χ4v) is 4.16. The van der Waals surface area contributed by atoms with Crippen LogP contribution in [0.1, 0.15) is 31.2 Å². The van der Waals surface area contributed by atoms with Crippen molar-refractivity contribution in [3.05, 3.63) is 34.1 Å². The van der Waals surface area contributed by atoms with Crippen molar-refractivity contribution >= 4 is 15.9 Å². The third-order valence-electron chi connectivity index (χ3n) is 4.50. The molecule has 2 aliphatic rings. The minimum absolute atomic E-state index is 0.244.